The number of aryl methyl sites for hydroxylation is 2. The van der Waals surface area contributed by atoms with Gasteiger partial charge < -0.3 is 9.67 Å². The standard InChI is InChI=1S/C26H26ClN3O4S/c1-3-5-25-28-23-15-21(10-13-24(23)29(25)17-26(31)32)30(16-19-6-4-7-20(27)14-19)35(33,34)22-11-8-18(2)9-12-22/h4,6-15H,3,5,16-17H2,1-2H3,(H,31,32). The molecule has 9 heteroatoms. The predicted octanol–water partition coefficient (Wildman–Crippen LogP) is 5.43. The summed E-state index contributed by atoms with van der Waals surface area (Å²) in [6.45, 7) is 3.76. The largest absolute Gasteiger partial charge is 0.480 e. The van der Waals surface area contributed by atoms with Crippen LogP contribution in [0.25, 0.3) is 11.0 Å². The van der Waals surface area contributed by atoms with Gasteiger partial charge in [0.2, 0.25) is 0 Å². The van der Waals surface area contributed by atoms with E-state index in [1.165, 1.54) is 4.31 Å². The fraction of sp³-hybridized carbons (Fsp3) is 0.231. The normalized spacial score (nSPS) is 11.6. The van der Waals surface area contributed by atoms with Crippen molar-refractivity contribution in [1.29, 1.82) is 0 Å². The summed E-state index contributed by atoms with van der Waals surface area (Å²) in [5, 5.41) is 9.89. The number of carbonyl (C=O) groups is 1. The van der Waals surface area contributed by atoms with Crippen molar-refractivity contribution in [1.82, 2.24) is 9.55 Å². The third-order valence-electron chi connectivity index (χ3n) is 5.69. The second-order valence-electron chi connectivity index (χ2n) is 8.39. The van der Waals surface area contributed by atoms with Gasteiger partial charge in [-0.3, -0.25) is 9.10 Å². The number of hydrogen-bond acceptors (Lipinski definition) is 4. The highest BCUT2D eigenvalue weighted by molar-refractivity contribution is 7.92. The van der Waals surface area contributed by atoms with Gasteiger partial charge in [-0.25, -0.2) is 13.4 Å². The van der Waals surface area contributed by atoms with Crippen LogP contribution in [0.2, 0.25) is 5.02 Å². The first-order valence-electron chi connectivity index (χ1n) is 11.2. The van der Waals surface area contributed by atoms with Gasteiger partial charge in [0, 0.05) is 11.4 Å². The predicted molar refractivity (Wildman–Crippen MR) is 137 cm³/mol. The van der Waals surface area contributed by atoms with E-state index in [1.54, 1.807) is 65.2 Å². The molecule has 4 rings (SSSR count). The Kier molecular flexibility index (Phi) is 7.14. The third-order valence-corrected chi connectivity index (χ3v) is 7.71. The quantitative estimate of drug-likeness (QED) is 0.323. The number of benzene rings is 3. The smallest absolute Gasteiger partial charge is 0.323 e. The molecule has 0 radical (unpaired) electrons. The fourth-order valence-corrected chi connectivity index (χ4v) is 5.66. The lowest BCUT2D eigenvalue weighted by Gasteiger charge is -2.25. The number of sulfonamides is 1. The number of halogens is 1. The van der Waals surface area contributed by atoms with Crippen molar-refractivity contribution < 1.29 is 18.3 Å². The summed E-state index contributed by atoms with van der Waals surface area (Å²) < 4.78 is 30.6. The Hall–Kier alpha value is -3.36. The molecule has 4 aromatic rings. The highest BCUT2D eigenvalue weighted by atomic mass is 35.5. The molecule has 0 aliphatic rings. The Morgan fingerprint density at radius 2 is 1.83 bits per heavy atom. The molecule has 182 valence electrons. The molecule has 0 saturated heterocycles. The molecule has 0 aliphatic carbocycles. The maximum absolute atomic E-state index is 13.8. The van der Waals surface area contributed by atoms with Gasteiger partial charge >= 0.3 is 5.97 Å². The second kappa shape index (κ2) is 10.1. The number of nitrogens with zero attached hydrogens (tertiary/aromatic N) is 3. The van der Waals surface area contributed by atoms with Gasteiger partial charge in [0.1, 0.15) is 12.4 Å². The van der Waals surface area contributed by atoms with Gasteiger partial charge in [0.25, 0.3) is 10.0 Å². The summed E-state index contributed by atoms with van der Waals surface area (Å²) in [6, 6.07) is 18.9. The zero-order valence-corrected chi connectivity index (χ0v) is 21.1. The van der Waals surface area contributed by atoms with Crippen LogP contribution in [0.3, 0.4) is 0 Å². The van der Waals surface area contributed by atoms with Crippen LogP contribution in [0.4, 0.5) is 5.69 Å². The molecule has 0 unspecified atom stereocenters. The molecule has 0 bridgehead atoms. The van der Waals surface area contributed by atoms with Gasteiger partial charge in [-0.15, -0.1) is 0 Å². The van der Waals surface area contributed by atoms with Crippen molar-refractivity contribution in [2.24, 2.45) is 0 Å². The average molecular weight is 512 g/mol. The zero-order valence-electron chi connectivity index (χ0n) is 19.5. The number of aliphatic carboxylic acids is 1. The summed E-state index contributed by atoms with van der Waals surface area (Å²) in [4.78, 5) is 16.3. The number of fused-ring (bicyclic) bond motifs is 1. The molecule has 1 aromatic heterocycles. The van der Waals surface area contributed by atoms with E-state index in [1.807, 2.05) is 19.9 Å². The minimum Gasteiger partial charge on any atom is -0.480 e. The lowest BCUT2D eigenvalue weighted by molar-refractivity contribution is -0.137. The second-order valence-corrected chi connectivity index (χ2v) is 10.7. The number of carboxylic acid groups (broad SMARTS) is 1. The van der Waals surface area contributed by atoms with Crippen molar-refractivity contribution >= 4 is 44.3 Å². The summed E-state index contributed by atoms with van der Waals surface area (Å²) in [5.74, 6) is -0.305. The van der Waals surface area contributed by atoms with E-state index in [0.29, 0.717) is 34.0 Å². The maximum Gasteiger partial charge on any atom is 0.323 e. The van der Waals surface area contributed by atoms with E-state index in [4.69, 9.17) is 11.6 Å². The first-order valence-corrected chi connectivity index (χ1v) is 13.1. The lowest BCUT2D eigenvalue weighted by atomic mass is 10.2. The molecule has 0 amide bonds. The Labute approximate surface area is 209 Å². The van der Waals surface area contributed by atoms with E-state index >= 15 is 0 Å². The highest BCUT2D eigenvalue weighted by Gasteiger charge is 2.26. The molecule has 0 aliphatic heterocycles. The number of aromatic nitrogens is 2. The number of carboxylic acids is 1. The summed E-state index contributed by atoms with van der Waals surface area (Å²) in [6.07, 6.45) is 1.42. The minimum atomic E-state index is -3.92. The first kappa shape index (κ1) is 24.8. The summed E-state index contributed by atoms with van der Waals surface area (Å²) in [7, 11) is -3.92. The Balaban J connectivity index is 1.85. The van der Waals surface area contributed by atoms with Crippen LogP contribution in [0.1, 0.15) is 30.3 Å². The zero-order chi connectivity index (χ0) is 25.2. The van der Waals surface area contributed by atoms with Gasteiger partial charge in [-0.05, 0) is 61.4 Å². The topological polar surface area (TPSA) is 92.5 Å². The van der Waals surface area contributed by atoms with Crippen molar-refractivity contribution in [3.63, 3.8) is 0 Å². The van der Waals surface area contributed by atoms with Crippen LogP contribution in [0.5, 0.6) is 0 Å². The molecule has 3 aromatic carbocycles. The summed E-state index contributed by atoms with van der Waals surface area (Å²) >= 11 is 6.16. The number of imidazole rings is 1. The van der Waals surface area contributed by atoms with Crippen LogP contribution < -0.4 is 4.31 Å². The molecular weight excluding hydrogens is 486 g/mol. The third kappa shape index (κ3) is 5.33. The average Bonchev–Trinajstić information content (AvgIpc) is 3.13. The Morgan fingerprint density at radius 3 is 2.49 bits per heavy atom. The van der Waals surface area contributed by atoms with E-state index in [9.17, 15) is 18.3 Å². The first-order chi connectivity index (χ1) is 16.7. The molecule has 1 N–H and O–H groups in total. The molecule has 0 atom stereocenters. The van der Waals surface area contributed by atoms with Gasteiger partial charge in [-0.2, -0.15) is 0 Å². The van der Waals surface area contributed by atoms with Crippen molar-refractivity contribution in [2.45, 2.75) is 44.7 Å². The SMILES string of the molecule is CCCc1nc2cc(N(Cc3cccc(Cl)c3)S(=O)(=O)c3ccc(C)cc3)ccc2n1CC(=O)O. The Bertz CT molecular complexity index is 1480. The molecule has 7 nitrogen and oxygen atoms in total. The van der Waals surface area contributed by atoms with Gasteiger partial charge in [0.15, 0.2) is 0 Å². The molecular formula is C26H26ClN3O4S. The number of rotatable bonds is 9. The Morgan fingerprint density at radius 1 is 1.09 bits per heavy atom. The maximum atomic E-state index is 13.8. The van der Waals surface area contributed by atoms with E-state index in [0.717, 1.165) is 17.5 Å². The van der Waals surface area contributed by atoms with Crippen LogP contribution >= 0.6 is 11.6 Å². The van der Waals surface area contributed by atoms with Crippen molar-refractivity contribution in [2.75, 3.05) is 4.31 Å². The molecule has 35 heavy (non-hydrogen) atoms. The van der Waals surface area contributed by atoms with Gasteiger partial charge in [0.05, 0.1) is 28.2 Å². The molecule has 0 fully saturated rings. The lowest BCUT2D eigenvalue weighted by Crippen LogP contribution is -2.30. The molecule has 0 spiro atoms. The fourth-order valence-electron chi connectivity index (χ4n) is 4.00. The summed E-state index contributed by atoms with van der Waals surface area (Å²) in [5.41, 5.74) is 3.31. The minimum absolute atomic E-state index is 0.0694. The van der Waals surface area contributed by atoms with Crippen LogP contribution in [-0.4, -0.2) is 29.0 Å². The molecule has 1 heterocycles. The highest BCUT2D eigenvalue weighted by Crippen LogP contribution is 2.30. The van der Waals surface area contributed by atoms with E-state index in [2.05, 4.69) is 4.98 Å². The molecule has 0 saturated carbocycles. The van der Waals surface area contributed by atoms with Gasteiger partial charge in [-0.1, -0.05) is 48.4 Å². The number of anilines is 1. The van der Waals surface area contributed by atoms with E-state index < -0.39 is 16.0 Å². The van der Waals surface area contributed by atoms with Crippen LogP contribution in [0.15, 0.2) is 71.6 Å². The number of hydrogen-bond donors (Lipinski definition) is 1. The van der Waals surface area contributed by atoms with Crippen molar-refractivity contribution in [3.05, 3.63) is 88.7 Å². The van der Waals surface area contributed by atoms with Crippen molar-refractivity contribution in [3.8, 4) is 0 Å². The van der Waals surface area contributed by atoms with Crippen LogP contribution in [-0.2, 0) is 34.3 Å². The van der Waals surface area contributed by atoms with E-state index in [-0.39, 0.29) is 18.0 Å². The van der Waals surface area contributed by atoms with Crippen LogP contribution in [0, 0.1) is 6.92 Å². The monoisotopic (exact) mass is 511 g/mol.